The van der Waals surface area contributed by atoms with E-state index in [1.54, 1.807) is 0 Å². The van der Waals surface area contributed by atoms with Crippen LogP contribution in [0, 0.1) is 88.8 Å². The first kappa shape index (κ1) is 30.1. The van der Waals surface area contributed by atoms with E-state index in [-0.39, 0.29) is 11.8 Å². The number of benzene rings is 3. The number of rotatable bonds is 3. The van der Waals surface area contributed by atoms with Crippen LogP contribution in [0.3, 0.4) is 0 Å². The number of hydrogen-bond acceptors (Lipinski definition) is 0. The first-order valence-corrected chi connectivity index (χ1v) is 15.7. The summed E-state index contributed by atoms with van der Waals surface area (Å²) in [6.45, 7) is 13.1. The highest BCUT2D eigenvalue weighted by Crippen LogP contribution is 2.28. The predicted molar refractivity (Wildman–Crippen MR) is 189 cm³/mol. The Bertz CT molecular complexity index is 2160. The lowest BCUT2D eigenvalue weighted by molar-refractivity contribution is 0.865. The molecule has 0 aliphatic heterocycles. The Morgan fingerprint density at radius 1 is 0.413 bits per heavy atom. The molecular formula is C46H32. The van der Waals surface area contributed by atoms with Crippen molar-refractivity contribution in [2.75, 3.05) is 0 Å². The summed E-state index contributed by atoms with van der Waals surface area (Å²) in [6, 6.07) is 16.9. The molecule has 0 atom stereocenters. The first-order valence-electron chi connectivity index (χ1n) is 15.7. The molecule has 0 amide bonds. The van der Waals surface area contributed by atoms with Crippen LogP contribution < -0.4 is 0 Å². The summed E-state index contributed by atoms with van der Waals surface area (Å²) >= 11 is 0. The Morgan fingerprint density at radius 3 is 1.26 bits per heavy atom. The molecule has 0 saturated carbocycles. The van der Waals surface area contributed by atoms with E-state index in [1.807, 2.05) is 12.2 Å². The van der Waals surface area contributed by atoms with Crippen molar-refractivity contribution < 1.29 is 0 Å². The fraction of sp³-hybridized carbons (Fsp3) is 0.217. The highest BCUT2D eigenvalue weighted by Gasteiger charge is 2.20. The van der Waals surface area contributed by atoms with E-state index < -0.39 is 0 Å². The third-order valence-corrected chi connectivity index (χ3v) is 8.25. The van der Waals surface area contributed by atoms with Crippen molar-refractivity contribution in [1.82, 2.24) is 0 Å². The van der Waals surface area contributed by atoms with Gasteiger partial charge in [0.2, 0.25) is 0 Å². The van der Waals surface area contributed by atoms with Gasteiger partial charge in [-0.3, -0.25) is 0 Å². The van der Waals surface area contributed by atoms with Gasteiger partial charge < -0.3 is 0 Å². The second-order valence-corrected chi connectivity index (χ2v) is 12.5. The lowest BCUT2D eigenvalue weighted by atomic mass is 9.91. The van der Waals surface area contributed by atoms with E-state index in [2.05, 4.69) is 173 Å². The molecule has 0 saturated heterocycles. The molecule has 0 fully saturated rings. The van der Waals surface area contributed by atoms with Gasteiger partial charge in [-0.1, -0.05) is 113 Å². The van der Waals surface area contributed by atoms with E-state index in [9.17, 15) is 0 Å². The Labute approximate surface area is 274 Å². The lowest BCUT2D eigenvalue weighted by Gasteiger charge is -2.11. The minimum atomic E-state index is -0.286. The summed E-state index contributed by atoms with van der Waals surface area (Å²) in [5.74, 6) is 47.0. The fourth-order valence-electron chi connectivity index (χ4n) is 5.34. The molecule has 0 heteroatoms. The molecule has 216 valence electrons. The summed E-state index contributed by atoms with van der Waals surface area (Å²) in [4.78, 5) is 0. The average molecular weight is 585 g/mol. The summed E-state index contributed by atoms with van der Waals surface area (Å²) < 4.78 is 0. The van der Waals surface area contributed by atoms with Gasteiger partial charge in [0.05, 0.1) is 11.5 Å². The molecule has 0 nitrogen and oxygen atoms in total. The quantitative estimate of drug-likeness (QED) is 0.271. The SMILES string of the molecule is CC(C)c1ccc2c(c1)C#CC#Cc1cc(C(C)C)cc3c1C#CC1C(=CC=C1C#Cc1ccc(C(C)C)cc1C#CC#C3)C#C2. The van der Waals surface area contributed by atoms with E-state index in [1.165, 1.54) is 11.1 Å². The molecule has 0 unspecified atom stereocenters. The van der Waals surface area contributed by atoms with Gasteiger partial charge in [0.1, 0.15) is 0 Å². The molecule has 6 rings (SSSR count). The van der Waals surface area contributed by atoms with Crippen LogP contribution in [0.15, 0.2) is 71.8 Å². The maximum atomic E-state index is 3.53. The van der Waals surface area contributed by atoms with Crippen LogP contribution in [0.5, 0.6) is 0 Å². The number of hydrogen-bond donors (Lipinski definition) is 0. The van der Waals surface area contributed by atoms with Crippen LogP contribution in [0.2, 0.25) is 0 Å². The first-order chi connectivity index (χ1) is 22.3. The molecule has 46 heavy (non-hydrogen) atoms. The Morgan fingerprint density at radius 2 is 0.826 bits per heavy atom. The van der Waals surface area contributed by atoms with E-state index in [0.717, 1.165) is 55.7 Å². The zero-order chi connectivity index (χ0) is 32.2. The number of fused-ring (bicyclic) bond motifs is 2. The Balaban J connectivity index is 1.63. The summed E-state index contributed by atoms with van der Waals surface area (Å²) in [5.41, 5.74) is 11.3. The van der Waals surface area contributed by atoms with Gasteiger partial charge in [0.15, 0.2) is 0 Å². The topological polar surface area (TPSA) is 0 Å². The summed E-state index contributed by atoms with van der Waals surface area (Å²) in [7, 11) is 0. The molecule has 0 heterocycles. The standard InChI is InChI=1S/C46H32/c1-31(2)38-23-17-34-15-19-36-21-22-37-20-16-35-18-24-39(32(3)4)28-41(35)12-8-10-14-43-30-44(33(5)6)29-42(46(43)26-25-45(36)37)13-9-7-11-40(34)27-38/h17-18,21-24,27-33,45H,1-6H3. The summed E-state index contributed by atoms with van der Waals surface area (Å²) in [5, 5.41) is 0. The molecule has 3 aromatic carbocycles. The largest absolute Gasteiger partial charge is 0.0863 e. The number of allylic oxidation sites excluding steroid dienone is 4. The molecule has 3 aromatic rings. The van der Waals surface area contributed by atoms with E-state index in [4.69, 9.17) is 0 Å². The zero-order valence-electron chi connectivity index (χ0n) is 27.1. The van der Waals surface area contributed by atoms with Crippen molar-refractivity contribution >= 4 is 0 Å². The van der Waals surface area contributed by atoms with Crippen LogP contribution in [-0.2, 0) is 0 Å². The molecule has 0 radical (unpaired) electrons. The Hall–Kier alpha value is -5.94. The average Bonchev–Trinajstić information content (AvgIpc) is 3.43. The lowest BCUT2D eigenvalue weighted by Crippen LogP contribution is -2.02. The molecule has 0 N–H and O–H groups in total. The van der Waals surface area contributed by atoms with Gasteiger partial charge in [-0.2, -0.15) is 0 Å². The Kier molecular flexibility index (Phi) is 8.48. The van der Waals surface area contributed by atoms with Crippen molar-refractivity contribution in [2.45, 2.75) is 59.3 Å². The molecule has 2 bridgehead atoms. The third-order valence-electron chi connectivity index (χ3n) is 8.25. The van der Waals surface area contributed by atoms with Gasteiger partial charge in [-0.05, 0) is 107 Å². The molecule has 3 aliphatic carbocycles. The molecule has 0 aromatic heterocycles. The highest BCUT2D eigenvalue weighted by molar-refractivity contribution is 5.67. The van der Waals surface area contributed by atoms with E-state index in [0.29, 0.717) is 11.8 Å². The van der Waals surface area contributed by atoms with Crippen molar-refractivity contribution in [3.05, 3.63) is 127 Å². The maximum Gasteiger partial charge on any atom is 0.0863 e. The maximum absolute atomic E-state index is 3.53. The minimum absolute atomic E-state index is 0.281. The van der Waals surface area contributed by atoms with E-state index >= 15 is 0 Å². The minimum Gasteiger partial charge on any atom is -0.0834 e. The second-order valence-electron chi connectivity index (χ2n) is 12.5. The van der Waals surface area contributed by atoms with Crippen LogP contribution >= 0.6 is 0 Å². The third kappa shape index (κ3) is 6.44. The fourth-order valence-corrected chi connectivity index (χ4v) is 5.34. The highest BCUT2D eigenvalue weighted by atomic mass is 14.2. The van der Waals surface area contributed by atoms with Crippen molar-refractivity contribution in [2.24, 2.45) is 5.92 Å². The zero-order valence-corrected chi connectivity index (χ0v) is 27.1. The van der Waals surface area contributed by atoms with Crippen molar-refractivity contribution in [1.29, 1.82) is 0 Å². The van der Waals surface area contributed by atoms with Crippen LogP contribution in [-0.4, -0.2) is 0 Å². The van der Waals surface area contributed by atoms with Crippen molar-refractivity contribution in [3.63, 3.8) is 0 Å². The van der Waals surface area contributed by atoms with Gasteiger partial charge in [-0.15, -0.1) is 0 Å². The predicted octanol–water partition coefficient (Wildman–Crippen LogP) is 8.43. The molecular weight excluding hydrogens is 553 g/mol. The molecule has 0 spiro atoms. The van der Waals surface area contributed by atoms with Gasteiger partial charge in [0, 0.05) is 44.5 Å². The molecule has 3 aliphatic rings. The van der Waals surface area contributed by atoms with Crippen LogP contribution in [0.4, 0.5) is 0 Å². The summed E-state index contributed by atoms with van der Waals surface area (Å²) in [6.07, 6.45) is 4.08. The van der Waals surface area contributed by atoms with Gasteiger partial charge >= 0.3 is 0 Å². The van der Waals surface area contributed by atoms with Crippen LogP contribution in [0.1, 0.15) is 115 Å². The van der Waals surface area contributed by atoms with Gasteiger partial charge in [0.25, 0.3) is 0 Å². The smallest absolute Gasteiger partial charge is 0.0834 e. The van der Waals surface area contributed by atoms with Crippen LogP contribution in [0.25, 0.3) is 0 Å². The monoisotopic (exact) mass is 584 g/mol. The van der Waals surface area contributed by atoms with Gasteiger partial charge in [-0.25, -0.2) is 0 Å². The van der Waals surface area contributed by atoms with Crippen molar-refractivity contribution in [3.8, 4) is 82.9 Å². The second kappa shape index (κ2) is 13.0. The normalized spacial score (nSPS) is 13.3.